The van der Waals surface area contributed by atoms with Crippen LogP contribution in [0.2, 0.25) is 0 Å². The molecule has 0 aromatic heterocycles. The number of rotatable bonds is 3. The summed E-state index contributed by atoms with van der Waals surface area (Å²) in [5.74, 6) is -0.403. The molecule has 0 spiro atoms. The normalized spacial score (nSPS) is 11.2. The Bertz CT molecular complexity index is 341. The number of carbonyl (C=O) groups is 1. The first kappa shape index (κ1) is 12.1. The first-order valence-corrected chi connectivity index (χ1v) is 5.84. The number of anilines is 1. The Morgan fingerprint density at radius 1 is 1.33 bits per heavy atom. The fourth-order valence-corrected chi connectivity index (χ4v) is 1.37. The molecule has 0 aliphatic heterocycles. The monoisotopic (exact) mass is 225 g/mol. The summed E-state index contributed by atoms with van der Waals surface area (Å²) >= 11 is 1.64. The zero-order valence-corrected chi connectivity index (χ0v) is 9.89. The highest BCUT2D eigenvalue weighted by molar-refractivity contribution is 7.98. The summed E-state index contributed by atoms with van der Waals surface area (Å²) in [5.41, 5.74) is -0.655. The Labute approximate surface area is 93.9 Å². The number of benzene rings is 1. The molecule has 0 radical (unpaired) electrons. The van der Waals surface area contributed by atoms with Gasteiger partial charge in [0.05, 0.1) is 0 Å². The number of hydrogen-bond acceptors (Lipinski definition) is 3. The lowest BCUT2D eigenvalue weighted by Gasteiger charge is -2.16. The van der Waals surface area contributed by atoms with Gasteiger partial charge in [-0.3, -0.25) is 4.79 Å². The number of amides is 1. The highest BCUT2D eigenvalue weighted by atomic mass is 32.2. The molecular formula is C11H15NO2S. The van der Waals surface area contributed by atoms with Crippen molar-refractivity contribution in [3.8, 4) is 0 Å². The van der Waals surface area contributed by atoms with Crippen molar-refractivity contribution >= 4 is 23.4 Å². The van der Waals surface area contributed by atoms with E-state index in [9.17, 15) is 9.90 Å². The van der Waals surface area contributed by atoms with E-state index in [2.05, 4.69) is 5.32 Å². The maximum atomic E-state index is 11.4. The summed E-state index contributed by atoms with van der Waals surface area (Å²) in [6.07, 6.45) is 1.99. The first-order chi connectivity index (χ1) is 6.93. The van der Waals surface area contributed by atoms with Gasteiger partial charge in [-0.2, -0.15) is 0 Å². The van der Waals surface area contributed by atoms with Gasteiger partial charge in [0.15, 0.2) is 0 Å². The van der Waals surface area contributed by atoms with Gasteiger partial charge in [-0.1, -0.05) is 0 Å². The molecule has 4 heteroatoms. The molecule has 0 unspecified atom stereocenters. The molecule has 82 valence electrons. The average Bonchev–Trinajstić information content (AvgIpc) is 2.17. The van der Waals surface area contributed by atoms with Crippen LogP contribution in [0.25, 0.3) is 0 Å². The summed E-state index contributed by atoms with van der Waals surface area (Å²) in [6.45, 7) is 2.91. The van der Waals surface area contributed by atoms with Crippen LogP contribution in [-0.4, -0.2) is 22.9 Å². The lowest BCUT2D eigenvalue weighted by molar-refractivity contribution is -0.130. The maximum Gasteiger partial charge on any atom is 0.255 e. The van der Waals surface area contributed by atoms with E-state index in [0.717, 1.165) is 4.90 Å². The van der Waals surface area contributed by atoms with Crippen molar-refractivity contribution < 1.29 is 9.90 Å². The van der Waals surface area contributed by atoms with Crippen molar-refractivity contribution in [2.75, 3.05) is 11.6 Å². The molecule has 1 amide bonds. The second kappa shape index (κ2) is 4.68. The zero-order valence-electron chi connectivity index (χ0n) is 9.07. The zero-order chi connectivity index (χ0) is 11.5. The molecule has 0 fully saturated rings. The molecule has 0 aliphatic carbocycles. The fraction of sp³-hybridized carbons (Fsp3) is 0.364. The summed E-state index contributed by atoms with van der Waals surface area (Å²) in [4.78, 5) is 12.6. The van der Waals surface area contributed by atoms with Crippen LogP contribution < -0.4 is 5.32 Å². The van der Waals surface area contributed by atoms with Crippen molar-refractivity contribution in [3.63, 3.8) is 0 Å². The van der Waals surface area contributed by atoms with Crippen molar-refractivity contribution in [3.05, 3.63) is 24.3 Å². The van der Waals surface area contributed by atoms with E-state index < -0.39 is 11.5 Å². The van der Waals surface area contributed by atoms with Gasteiger partial charge < -0.3 is 10.4 Å². The lowest BCUT2D eigenvalue weighted by Crippen LogP contribution is -2.36. The molecule has 0 saturated heterocycles. The number of nitrogens with one attached hydrogen (secondary N) is 1. The Kier molecular flexibility index (Phi) is 3.77. The van der Waals surface area contributed by atoms with E-state index >= 15 is 0 Å². The third kappa shape index (κ3) is 3.57. The molecule has 1 rings (SSSR count). The molecule has 0 atom stereocenters. The van der Waals surface area contributed by atoms with Crippen LogP contribution in [0.15, 0.2) is 29.2 Å². The van der Waals surface area contributed by atoms with Crippen LogP contribution in [0.5, 0.6) is 0 Å². The summed E-state index contributed by atoms with van der Waals surface area (Å²) in [5, 5.41) is 12.1. The minimum Gasteiger partial charge on any atom is -0.381 e. The predicted octanol–water partition coefficient (Wildman–Crippen LogP) is 2.12. The summed E-state index contributed by atoms with van der Waals surface area (Å²) in [6, 6.07) is 7.47. The molecule has 2 N–H and O–H groups in total. The molecular weight excluding hydrogens is 210 g/mol. The number of carbonyl (C=O) groups excluding carboxylic acids is 1. The molecule has 0 saturated carbocycles. The van der Waals surface area contributed by atoms with Crippen LogP contribution in [0, 0.1) is 0 Å². The molecule has 0 aliphatic rings. The van der Waals surface area contributed by atoms with Crippen molar-refractivity contribution in [1.82, 2.24) is 0 Å². The van der Waals surface area contributed by atoms with Crippen molar-refractivity contribution in [1.29, 1.82) is 0 Å². The molecule has 0 heterocycles. The fourth-order valence-electron chi connectivity index (χ4n) is 0.958. The maximum absolute atomic E-state index is 11.4. The third-order valence-electron chi connectivity index (χ3n) is 1.90. The van der Waals surface area contributed by atoms with Crippen LogP contribution in [0.1, 0.15) is 13.8 Å². The van der Waals surface area contributed by atoms with Gasteiger partial charge in [-0.25, -0.2) is 0 Å². The van der Waals surface area contributed by atoms with Gasteiger partial charge in [-0.05, 0) is 44.4 Å². The lowest BCUT2D eigenvalue weighted by atomic mass is 10.1. The highest BCUT2D eigenvalue weighted by Gasteiger charge is 2.23. The smallest absolute Gasteiger partial charge is 0.255 e. The van der Waals surface area contributed by atoms with Gasteiger partial charge in [0.1, 0.15) is 5.60 Å². The Morgan fingerprint density at radius 2 is 1.87 bits per heavy atom. The summed E-state index contributed by atoms with van der Waals surface area (Å²) in [7, 11) is 0. The minimum absolute atomic E-state index is 0.403. The van der Waals surface area contributed by atoms with Crippen molar-refractivity contribution in [2.24, 2.45) is 0 Å². The van der Waals surface area contributed by atoms with E-state index in [4.69, 9.17) is 0 Å². The van der Waals surface area contributed by atoms with Crippen LogP contribution in [0.3, 0.4) is 0 Å². The van der Waals surface area contributed by atoms with Gasteiger partial charge >= 0.3 is 0 Å². The van der Waals surface area contributed by atoms with E-state index in [-0.39, 0.29) is 0 Å². The standard InChI is InChI=1S/C11H15NO2S/c1-11(2,14)10(13)12-8-4-6-9(15-3)7-5-8/h4-7,14H,1-3H3,(H,12,13). The number of aliphatic hydroxyl groups is 1. The van der Waals surface area contributed by atoms with Gasteiger partial charge in [0.2, 0.25) is 0 Å². The van der Waals surface area contributed by atoms with Crippen LogP contribution in [0.4, 0.5) is 5.69 Å². The van der Waals surface area contributed by atoms with Crippen LogP contribution in [-0.2, 0) is 4.79 Å². The van der Waals surface area contributed by atoms with E-state index in [1.165, 1.54) is 13.8 Å². The Hall–Kier alpha value is -1.00. The molecule has 15 heavy (non-hydrogen) atoms. The number of thioether (sulfide) groups is 1. The summed E-state index contributed by atoms with van der Waals surface area (Å²) < 4.78 is 0. The Balaban J connectivity index is 2.70. The van der Waals surface area contributed by atoms with Gasteiger partial charge in [-0.15, -0.1) is 11.8 Å². The van der Waals surface area contributed by atoms with Crippen LogP contribution >= 0.6 is 11.8 Å². The minimum atomic E-state index is -1.35. The SMILES string of the molecule is CSc1ccc(NC(=O)C(C)(C)O)cc1. The average molecular weight is 225 g/mol. The van der Waals surface area contributed by atoms with E-state index in [0.29, 0.717) is 5.69 Å². The predicted molar refractivity (Wildman–Crippen MR) is 63.2 cm³/mol. The quantitative estimate of drug-likeness (QED) is 0.775. The van der Waals surface area contributed by atoms with Crippen molar-refractivity contribution in [2.45, 2.75) is 24.3 Å². The topological polar surface area (TPSA) is 49.3 Å². The van der Waals surface area contributed by atoms with E-state index in [1.807, 2.05) is 30.5 Å². The largest absolute Gasteiger partial charge is 0.381 e. The number of hydrogen-bond donors (Lipinski definition) is 2. The highest BCUT2D eigenvalue weighted by Crippen LogP contribution is 2.18. The molecule has 1 aromatic rings. The van der Waals surface area contributed by atoms with E-state index in [1.54, 1.807) is 11.8 Å². The first-order valence-electron chi connectivity index (χ1n) is 4.61. The molecule has 3 nitrogen and oxygen atoms in total. The third-order valence-corrected chi connectivity index (χ3v) is 2.65. The molecule has 0 bridgehead atoms. The van der Waals surface area contributed by atoms with Gasteiger partial charge in [0.25, 0.3) is 5.91 Å². The second-order valence-corrected chi connectivity index (χ2v) is 4.62. The molecule has 1 aromatic carbocycles. The second-order valence-electron chi connectivity index (χ2n) is 3.74. The Morgan fingerprint density at radius 3 is 2.27 bits per heavy atom. The van der Waals surface area contributed by atoms with Gasteiger partial charge in [0, 0.05) is 10.6 Å².